The minimum absolute atomic E-state index is 0.297. The largest absolute Gasteiger partial charge is 0.366 e. The highest BCUT2D eigenvalue weighted by Gasteiger charge is 2.22. The van der Waals surface area contributed by atoms with Crippen LogP contribution in [-0.2, 0) is 6.54 Å². The van der Waals surface area contributed by atoms with Crippen LogP contribution in [0.2, 0.25) is 0 Å². The van der Waals surface area contributed by atoms with Gasteiger partial charge in [0, 0.05) is 30.3 Å². The van der Waals surface area contributed by atoms with Gasteiger partial charge in [-0.1, -0.05) is 6.42 Å². The molecule has 1 unspecified atom stereocenters. The molecule has 1 heterocycles. The number of carbonyl (C=O) groups excluding carboxylic acids is 1. The molecule has 5 heteroatoms. The van der Waals surface area contributed by atoms with E-state index >= 15 is 0 Å². The van der Waals surface area contributed by atoms with Crippen molar-refractivity contribution in [1.82, 2.24) is 4.90 Å². The van der Waals surface area contributed by atoms with Crippen LogP contribution in [-0.4, -0.2) is 29.9 Å². The van der Waals surface area contributed by atoms with E-state index in [0.717, 1.165) is 19.4 Å². The van der Waals surface area contributed by atoms with Crippen LogP contribution in [0.15, 0.2) is 18.2 Å². The van der Waals surface area contributed by atoms with Gasteiger partial charge >= 0.3 is 0 Å². The van der Waals surface area contributed by atoms with Crippen LogP contribution in [0.5, 0.6) is 0 Å². The molecule has 1 fully saturated rings. The van der Waals surface area contributed by atoms with E-state index in [1.54, 1.807) is 6.07 Å². The van der Waals surface area contributed by atoms with Crippen LogP contribution in [0.3, 0.4) is 0 Å². The Hall–Kier alpha value is -1.46. The Morgan fingerprint density at radius 1 is 1.42 bits per heavy atom. The highest BCUT2D eigenvalue weighted by atomic mass is 19.1. The lowest BCUT2D eigenvalue weighted by atomic mass is 10.0. The lowest BCUT2D eigenvalue weighted by Crippen LogP contribution is -2.43. The van der Waals surface area contributed by atoms with Crippen LogP contribution in [0.4, 0.5) is 4.39 Å². The number of rotatable bonds is 4. The van der Waals surface area contributed by atoms with Crippen molar-refractivity contribution in [3.63, 3.8) is 0 Å². The molecule has 0 radical (unpaired) electrons. The number of nitrogens with two attached hydrogens (primary N) is 2. The van der Waals surface area contributed by atoms with Crippen molar-refractivity contribution >= 4 is 5.91 Å². The van der Waals surface area contributed by atoms with Crippen molar-refractivity contribution in [3.05, 3.63) is 35.1 Å². The molecule has 1 atom stereocenters. The number of amides is 1. The SMILES string of the molecule is NCC1CCCCN1Cc1cc(C(N)=O)ccc1F. The number of carbonyl (C=O) groups is 1. The van der Waals surface area contributed by atoms with Gasteiger partial charge in [-0.3, -0.25) is 9.69 Å². The van der Waals surface area contributed by atoms with Crippen molar-refractivity contribution in [2.45, 2.75) is 31.8 Å². The number of halogens is 1. The fraction of sp³-hybridized carbons (Fsp3) is 0.500. The van der Waals surface area contributed by atoms with Gasteiger partial charge in [0.1, 0.15) is 5.82 Å². The molecule has 1 saturated heterocycles. The first-order valence-electron chi connectivity index (χ1n) is 6.64. The molecule has 1 amide bonds. The third kappa shape index (κ3) is 3.30. The van der Waals surface area contributed by atoms with Crippen molar-refractivity contribution in [2.75, 3.05) is 13.1 Å². The molecule has 0 spiro atoms. The van der Waals surface area contributed by atoms with Crippen LogP contribution >= 0.6 is 0 Å². The van der Waals surface area contributed by atoms with Gasteiger partial charge in [0.2, 0.25) is 5.91 Å². The highest BCUT2D eigenvalue weighted by molar-refractivity contribution is 5.92. The lowest BCUT2D eigenvalue weighted by Gasteiger charge is -2.35. The Morgan fingerprint density at radius 2 is 2.21 bits per heavy atom. The summed E-state index contributed by atoms with van der Waals surface area (Å²) in [5.74, 6) is -0.832. The third-order valence-corrected chi connectivity index (χ3v) is 3.72. The Bertz CT molecular complexity index is 464. The molecule has 1 aromatic rings. The van der Waals surface area contributed by atoms with E-state index in [1.165, 1.54) is 18.6 Å². The fourth-order valence-corrected chi connectivity index (χ4v) is 2.60. The number of nitrogens with zero attached hydrogens (tertiary/aromatic N) is 1. The van der Waals surface area contributed by atoms with Gasteiger partial charge < -0.3 is 11.5 Å². The second-order valence-electron chi connectivity index (χ2n) is 5.03. The van der Waals surface area contributed by atoms with Gasteiger partial charge in [0.25, 0.3) is 0 Å². The molecule has 1 aliphatic heterocycles. The molecule has 0 bridgehead atoms. The minimum atomic E-state index is -0.532. The Labute approximate surface area is 112 Å². The average molecular weight is 265 g/mol. The summed E-state index contributed by atoms with van der Waals surface area (Å²) in [7, 11) is 0. The van der Waals surface area contributed by atoms with Crippen molar-refractivity contribution in [1.29, 1.82) is 0 Å². The van der Waals surface area contributed by atoms with Crippen molar-refractivity contribution in [3.8, 4) is 0 Å². The Balaban J connectivity index is 2.17. The number of benzene rings is 1. The zero-order valence-corrected chi connectivity index (χ0v) is 10.9. The maximum absolute atomic E-state index is 13.8. The first kappa shape index (κ1) is 14.0. The molecule has 19 heavy (non-hydrogen) atoms. The fourth-order valence-electron chi connectivity index (χ4n) is 2.60. The minimum Gasteiger partial charge on any atom is -0.366 e. The van der Waals surface area contributed by atoms with Gasteiger partial charge in [-0.05, 0) is 37.6 Å². The van der Waals surface area contributed by atoms with E-state index in [4.69, 9.17) is 11.5 Å². The number of primary amides is 1. The summed E-state index contributed by atoms with van der Waals surface area (Å²) in [4.78, 5) is 13.3. The lowest BCUT2D eigenvalue weighted by molar-refractivity contribution is 0.0999. The molecule has 104 valence electrons. The van der Waals surface area contributed by atoms with E-state index in [-0.39, 0.29) is 5.82 Å². The summed E-state index contributed by atoms with van der Waals surface area (Å²) < 4.78 is 13.8. The summed E-state index contributed by atoms with van der Waals surface area (Å²) >= 11 is 0. The van der Waals surface area contributed by atoms with Gasteiger partial charge in [0.15, 0.2) is 0 Å². The molecule has 4 nitrogen and oxygen atoms in total. The molecule has 4 N–H and O–H groups in total. The summed E-state index contributed by atoms with van der Waals surface area (Å²) in [6.07, 6.45) is 3.32. The number of piperidine rings is 1. The van der Waals surface area contributed by atoms with Gasteiger partial charge in [-0.15, -0.1) is 0 Å². The smallest absolute Gasteiger partial charge is 0.248 e. The predicted octanol–water partition coefficient (Wildman–Crippen LogP) is 1.24. The van der Waals surface area contributed by atoms with Gasteiger partial charge in [0.05, 0.1) is 0 Å². The quantitative estimate of drug-likeness (QED) is 0.860. The summed E-state index contributed by atoms with van der Waals surface area (Å²) in [6, 6.07) is 4.56. The second-order valence-corrected chi connectivity index (χ2v) is 5.03. The summed E-state index contributed by atoms with van der Waals surface area (Å²) in [6.45, 7) is 1.98. The van der Waals surface area contributed by atoms with Crippen LogP contribution in [0.1, 0.15) is 35.2 Å². The zero-order chi connectivity index (χ0) is 13.8. The maximum Gasteiger partial charge on any atom is 0.248 e. The van der Waals surface area contributed by atoms with E-state index in [0.29, 0.717) is 30.3 Å². The molecule has 2 rings (SSSR count). The Kier molecular flexibility index (Phi) is 4.50. The first-order chi connectivity index (χ1) is 9.11. The Morgan fingerprint density at radius 3 is 2.89 bits per heavy atom. The van der Waals surface area contributed by atoms with Gasteiger partial charge in [-0.2, -0.15) is 0 Å². The van der Waals surface area contributed by atoms with Crippen molar-refractivity contribution in [2.24, 2.45) is 11.5 Å². The third-order valence-electron chi connectivity index (χ3n) is 3.72. The first-order valence-corrected chi connectivity index (χ1v) is 6.64. The summed E-state index contributed by atoms with van der Waals surface area (Å²) in [5.41, 5.74) is 11.8. The molecule has 0 saturated carbocycles. The molecule has 1 aromatic carbocycles. The molecule has 0 aliphatic carbocycles. The van der Waals surface area contributed by atoms with E-state index in [2.05, 4.69) is 4.90 Å². The maximum atomic E-state index is 13.8. The van der Waals surface area contributed by atoms with Crippen LogP contribution in [0.25, 0.3) is 0 Å². The van der Waals surface area contributed by atoms with E-state index in [9.17, 15) is 9.18 Å². The molecular formula is C14H20FN3O. The predicted molar refractivity (Wildman–Crippen MR) is 72.0 cm³/mol. The van der Waals surface area contributed by atoms with E-state index < -0.39 is 5.91 Å². The average Bonchev–Trinajstić information content (AvgIpc) is 2.41. The number of hydrogen-bond donors (Lipinski definition) is 2. The van der Waals surface area contributed by atoms with Crippen molar-refractivity contribution < 1.29 is 9.18 Å². The molecular weight excluding hydrogens is 245 g/mol. The zero-order valence-electron chi connectivity index (χ0n) is 10.9. The monoisotopic (exact) mass is 265 g/mol. The highest BCUT2D eigenvalue weighted by Crippen LogP contribution is 2.20. The second kappa shape index (κ2) is 6.12. The molecule has 0 aromatic heterocycles. The topological polar surface area (TPSA) is 72.3 Å². The van der Waals surface area contributed by atoms with E-state index in [1.807, 2.05) is 0 Å². The summed E-state index contributed by atoms with van der Waals surface area (Å²) in [5, 5.41) is 0. The number of likely N-dealkylation sites (tertiary alicyclic amines) is 1. The number of hydrogen-bond acceptors (Lipinski definition) is 3. The van der Waals surface area contributed by atoms with Crippen LogP contribution < -0.4 is 11.5 Å². The molecule has 1 aliphatic rings. The van der Waals surface area contributed by atoms with Gasteiger partial charge in [-0.25, -0.2) is 4.39 Å². The van der Waals surface area contributed by atoms with Crippen LogP contribution in [0, 0.1) is 5.82 Å². The normalized spacial score (nSPS) is 20.4. The standard InChI is InChI=1S/C14H20FN3O/c15-13-5-4-10(14(17)19)7-11(13)9-18-6-2-1-3-12(18)8-16/h4-5,7,12H,1-3,6,8-9,16H2,(H2,17,19).